The van der Waals surface area contributed by atoms with Crippen molar-refractivity contribution in [3.63, 3.8) is 0 Å². The highest BCUT2D eigenvalue weighted by Crippen LogP contribution is 2.28. The Kier molecular flexibility index (Phi) is 3.74. The van der Waals surface area contributed by atoms with Gasteiger partial charge in [0.25, 0.3) is 0 Å². The summed E-state index contributed by atoms with van der Waals surface area (Å²) in [7, 11) is 0. The van der Waals surface area contributed by atoms with E-state index in [2.05, 4.69) is 30.9 Å². The zero-order valence-electron chi connectivity index (χ0n) is 13.8. The Hall–Kier alpha value is -3.48. The third-order valence-corrected chi connectivity index (χ3v) is 3.79. The highest BCUT2D eigenvalue weighted by Gasteiger charge is 2.14. The van der Waals surface area contributed by atoms with Gasteiger partial charge in [-0.15, -0.1) is 0 Å². The monoisotopic (exact) mass is 332 g/mol. The molecule has 2 aromatic heterocycles. The van der Waals surface area contributed by atoms with Crippen LogP contribution in [0.1, 0.15) is 11.1 Å². The van der Waals surface area contributed by atoms with E-state index in [0.717, 1.165) is 22.5 Å². The van der Waals surface area contributed by atoms with E-state index < -0.39 is 0 Å². The first-order chi connectivity index (χ1) is 12.2. The highest BCUT2D eigenvalue weighted by atomic mass is 16.6. The average Bonchev–Trinajstić information content (AvgIpc) is 3.04. The molecule has 0 atom stereocenters. The first-order valence-electron chi connectivity index (χ1n) is 7.86. The van der Waals surface area contributed by atoms with Crippen LogP contribution >= 0.6 is 0 Å². The van der Waals surface area contributed by atoms with Crippen molar-refractivity contribution in [2.75, 3.05) is 10.6 Å². The average molecular weight is 332 g/mol. The molecule has 2 aromatic carbocycles. The van der Waals surface area contributed by atoms with Crippen LogP contribution in [-0.4, -0.2) is 20.3 Å². The second-order valence-electron chi connectivity index (χ2n) is 5.77. The molecule has 0 amide bonds. The third kappa shape index (κ3) is 3.12. The molecule has 0 bridgehead atoms. The smallest absolute Gasteiger partial charge is 0.245 e. The van der Waals surface area contributed by atoms with E-state index >= 15 is 0 Å². The second-order valence-corrected chi connectivity index (χ2v) is 5.77. The number of para-hydroxylation sites is 1. The number of hydrogen-bond acceptors (Lipinski definition) is 7. The predicted molar refractivity (Wildman–Crippen MR) is 96.3 cm³/mol. The Morgan fingerprint density at radius 3 is 2.24 bits per heavy atom. The largest absolute Gasteiger partial charge is 0.337 e. The van der Waals surface area contributed by atoms with Crippen molar-refractivity contribution in [2.24, 2.45) is 0 Å². The van der Waals surface area contributed by atoms with E-state index in [-0.39, 0.29) is 0 Å². The SMILES string of the molecule is Cc1cccc(Nc2nc3nonc3nc2Nc2ccccc2C)c1. The summed E-state index contributed by atoms with van der Waals surface area (Å²) >= 11 is 0. The second kappa shape index (κ2) is 6.20. The fourth-order valence-corrected chi connectivity index (χ4v) is 2.51. The van der Waals surface area contributed by atoms with E-state index in [9.17, 15) is 0 Å². The maximum Gasteiger partial charge on any atom is 0.245 e. The number of fused-ring (bicyclic) bond motifs is 1. The van der Waals surface area contributed by atoms with Gasteiger partial charge in [-0.05, 0) is 53.5 Å². The molecule has 0 aliphatic rings. The van der Waals surface area contributed by atoms with Gasteiger partial charge in [-0.1, -0.05) is 30.3 Å². The molecule has 0 radical (unpaired) electrons. The van der Waals surface area contributed by atoms with Gasteiger partial charge in [-0.2, -0.15) is 0 Å². The molecule has 0 aliphatic carbocycles. The molecule has 4 rings (SSSR count). The first kappa shape index (κ1) is 15.1. The summed E-state index contributed by atoms with van der Waals surface area (Å²) in [5.41, 5.74) is 4.81. The van der Waals surface area contributed by atoms with E-state index in [4.69, 9.17) is 4.63 Å². The van der Waals surface area contributed by atoms with Gasteiger partial charge in [-0.25, -0.2) is 14.6 Å². The van der Waals surface area contributed by atoms with Crippen LogP contribution in [0.5, 0.6) is 0 Å². The lowest BCUT2D eigenvalue weighted by Crippen LogP contribution is -2.04. The number of hydrogen-bond donors (Lipinski definition) is 2. The molecule has 4 aromatic rings. The van der Waals surface area contributed by atoms with Gasteiger partial charge in [0.05, 0.1) is 0 Å². The zero-order chi connectivity index (χ0) is 17.2. The summed E-state index contributed by atoms with van der Waals surface area (Å²) in [4.78, 5) is 8.97. The maximum absolute atomic E-state index is 4.74. The van der Waals surface area contributed by atoms with E-state index in [0.29, 0.717) is 22.9 Å². The molecular formula is C18H16N6O. The quantitative estimate of drug-likeness (QED) is 0.581. The topological polar surface area (TPSA) is 88.8 Å². The summed E-state index contributed by atoms with van der Waals surface area (Å²) in [6, 6.07) is 16.0. The van der Waals surface area contributed by atoms with Gasteiger partial charge in [-0.3, -0.25) is 0 Å². The summed E-state index contributed by atoms with van der Waals surface area (Å²) in [6.45, 7) is 4.06. The molecule has 0 fully saturated rings. The minimum Gasteiger partial charge on any atom is -0.337 e. The van der Waals surface area contributed by atoms with Crippen molar-refractivity contribution in [1.82, 2.24) is 20.3 Å². The first-order valence-corrected chi connectivity index (χ1v) is 7.86. The molecular weight excluding hydrogens is 316 g/mol. The maximum atomic E-state index is 4.74. The fraction of sp³-hybridized carbons (Fsp3) is 0.111. The van der Waals surface area contributed by atoms with Crippen LogP contribution < -0.4 is 10.6 Å². The molecule has 0 saturated carbocycles. The van der Waals surface area contributed by atoms with Gasteiger partial charge >= 0.3 is 0 Å². The Bertz CT molecular complexity index is 1040. The molecule has 7 nitrogen and oxygen atoms in total. The van der Waals surface area contributed by atoms with Crippen LogP contribution in [0.4, 0.5) is 23.0 Å². The van der Waals surface area contributed by atoms with Crippen molar-refractivity contribution in [1.29, 1.82) is 0 Å². The lowest BCUT2D eigenvalue weighted by atomic mass is 10.2. The molecule has 2 heterocycles. The summed E-state index contributed by atoms with van der Waals surface area (Å²) in [5, 5.41) is 14.2. The number of aromatic nitrogens is 4. The van der Waals surface area contributed by atoms with Gasteiger partial charge in [0.1, 0.15) is 0 Å². The van der Waals surface area contributed by atoms with E-state index in [1.807, 2.05) is 62.4 Å². The molecule has 0 saturated heterocycles. The van der Waals surface area contributed by atoms with Crippen LogP contribution in [0.15, 0.2) is 53.2 Å². The molecule has 7 heteroatoms. The minimum atomic E-state index is 0.352. The Morgan fingerprint density at radius 1 is 0.800 bits per heavy atom. The standard InChI is InChI=1S/C18H16N6O/c1-11-6-5-8-13(10-11)19-15-16(20-14-9-4-3-7-12(14)2)22-18-17(21-15)23-25-24-18/h3-10H,1-2H3,(H,19,21,23)(H,20,22,24). The van der Waals surface area contributed by atoms with Crippen LogP contribution in [0.25, 0.3) is 11.3 Å². The molecule has 0 spiro atoms. The van der Waals surface area contributed by atoms with E-state index in [1.165, 1.54) is 0 Å². The normalized spacial score (nSPS) is 10.8. The van der Waals surface area contributed by atoms with Gasteiger partial charge in [0.15, 0.2) is 11.6 Å². The molecule has 124 valence electrons. The van der Waals surface area contributed by atoms with Crippen molar-refractivity contribution in [2.45, 2.75) is 13.8 Å². The Morgan fingerprint density at radius 2 is 1.52 bits per heavy atom. The summed E-state index contributed by atoms with van der Waals surface area (Å²) < 4.78 is 4.74. The summed E-state index contributed by atoms with van der Waals surface area (Å²) in [6.07, 6.45) is 0. The summed E-state index contributed by atoms with van der Waals surface area (Å²) in [5.74, 6) is 1.11. The molecule has 25 heavy (non-hydrogen) atoms. The minimum absolute atomic E-state index is 0.352. The lowest BCUT2D eigenvalue weighted by molar-refractivity contribution is 0.314. The lowest BCUT2D eigenvalue weighted by Gasteiger charge is -2.13. The highest BCUT2D eigenvalue weighted by molar-refractivity contribution is 5.79. The Labute approximate surface area is 144 Å². The van der Waals surface area contributed by atoms with Crippen molar-refractivity contribution >= 4 is 34.3 Å². The number of nitrogens with one attached hydrogen (secondary N) is 2. The van der Waals surface area contributed by atoms with Gasteiger partial charge < -0.3 is 10.6 Å². The number of rotatable bonds is 4. The number of nitrogens with zero attached hydrogens (tertiary/aromatic N) is 4. The van der Waals surface area contributed by atoms with Crippen LogP contribution in [-0.2, 0) is 0 Å². The molecule has 0 unspecified atom stereocenters. The van der Waals surface area contributed by atoms with E-state index in [1.54, 1.807) is 0 Å². The van der Waals surface area contributed by atoms with Gasteiger partial charge in [0.2, 0.25) is 11.3 Å². The van der Waals surface area contributed by atoms with Crippen LogP contribution in [0.2, 0.25) is 0 Å². The fourth-order valence-electron chi connectivity index (χ4n) is 2.51. The van der Waals surface area contributed by atoms with Crippen LogP contribution in [0.3, 0.4) is 0 Å². The number of aryl methyl sites for hydroxylation is 2. The third-order valence-electron chi connectivity index (χ3n) is 3.79. The predicted octanol–water partition coefficient (Wildman–Crippen LogP) is 4.12. The Balaban J connectivity index is 1.77. The van der Waals surface area contributed by atoms with Crippen molar-refractivity contribution < 1.29 is 4.63 Å². The van der Waals surface area contributed by atoms with Crippen molar-refractivity contribution in [3.8, 4) is 0 Å². The number of benzene rings is 2. The molecule has 2 N–H and O–H groups in total. The van der Waals surface area contributed by atoms with Crippen LogP contribution in [0, 0.1) is 13.8 Å². The zero-order valence-corrected chi connectivity index (χ0v) is 13.8. The van der Waals surface area contributed by atoms with Crippen molar-refractivity contribution in [3.05, 3.63) is 59.7 Å². The van der Waals surface area contributed by atoms with Gasteiger partial charge in [0, 0.05) is 11.4 Å². The number of anilines is 4. The molecule has 0 aliphatic heterocycles.